The molecule has 0 spiro atoms. The second-order valence-corrected chi connectivity index (χ2v) is 9.06. The Morgan fingerprint density at radius 3 is 2.43 bits per heavy atom. The monoisotopic (exact) mass is 482 g/mol. The summed E-state index contributed by atoms with van der Waals surface area (Å²) in [6.07, 6.45) is 10.2. The normalized spacial score (nSPS) is 15.5. The SMILES string of the molecule is Cn1c(=O)n(C2CCC(=O)NC2=O)c2ccc(CCCCCCCCCCC#CNC(=O)O)cc21. The van der Waals surface area contributed by atoms with Gasteiger partial charge in [-0.15, -0.1) is 0 Å². The fourth-order valence-electron chi connectivity index (χ4n) is 4.56. The maximum atomic E-state index is 12.9. The molecular weight excluding hydrogens is 448 g/mol. The van der Waals surface area contributed by atoms with E-state index in [0.29, 0.717) is 12.8 Å². The highest BCUT2D eigenvalue weighted by Gasteiger charge is 2.31. The molecule has 3 rings (SSSR count). The number of nitrogens with one attached hydrogen (secondary N) is 2. The van der Waals surface area contributed by atoms with Crippen LogP contribution in [0.2, 0.25) is 0 Å². The molecule has 1 atom stereocenters. The van der Waals surface area contributed by atoms with Crippen molar-refractivity contribution in [3.63, 3.8) is 0 Å². The van der Waals surface area contributed by atoms with Crippen LogP contribution in [0.3, 0.4) is 0 Å². The third kappa shape index (κ3) is 7.22. The van der Waals surface area contributed by atoms with Crippen LogP contribution in [0.15, 0.2) is 23.0 Å². The Balaban J connectivity index is 1.40. The van der Waals surface area contributed by atoms with Crippen LogP contribution in [0.25, 0.3) is 11.0 Å². The van der Waals surface area contributed by atoms with E-state index in [-0.39, 0.29) is 18.0 Å². The van der Waals surface area contributed by atoms with Crippen LogP contribution < -0.4 is 16.3 Å². The molecule has 1 aliphatic heterocycles. The Kier molecular flexibility index (Phi) is 9.53. The van der Waals surface area contributed by atoms with Crippen LogP contribution in [-0.2, 0) is 23.1 Å². The van der Waals surface area contributed by atoms with E-state index < -0.39 is 18.0 Å². The van der Waals surface area contributed by atoms with Crippen molar-refractivity contribution in [2.24, 2.45) is 7.05 Å². The molecule has 1 fully saturated rings. The number of rotatable bonds is 11. The van der Waals surface area contributed by atoms with Crippen molar-refractivity contribution in [1.29, 1.82) is 0 Å². The fourth-order valence-corrected chi connectivity index (χ4v) is 4.56. The predicted octanol–water partition coefficient (Wildman–Crippen LogP) is 3.60. The van der Waals surface area contributed by atoms with E-state index in [1.807, 2.05) is 23.5 Å². The number of piperidine rings is 1. The molecule has 3 N–H and O–H groups in total. The maximum absolute atomic E-state index is 12.9. The standard InChI is InChI=1S/C26H34N4O5/c1-29-22-18-19(12-10-8-6-4-2-3-5-7-9-11-17-27-25(33)34)13-14-20(22)30(26(29)35)21-15-16-23(31)28-24(21)32/h13-14,18,21,27H,2-10,12,15-16H2,1H3,(H,33,34)(H,28,31,32). The number of hydrogen-bond acceptors (Lipinski definition) is 4. The highest BCUT2D eigenvalue weighted by Crippen LogP contribution is 2.24. The Bertz CT molecular complexity index is 1180. The number of imide groups is 1. The van der Waals surface area contributed by atoms with Gasteiger partial charge in [-0.25, -0.2) is 14.9 Å². The molecule has 2 heterocycles. The lowest BCUT2D eigenvalue weighted by molar-refractivity contribution is -0.135. The molecular formula is C26H34N4O5. The van der Waals surface area contributed by atoms with E-state index in [1.165, 1.54) is 35.8 Å². The minimum atomic E-state index is -1.12. The molecule has 1 unspecified atom stereocenters. The zero-order valence-corrected chi connectivity index (χ0v) is 20.3. The van der Waals surface area contributed by atoms with Gasteiger partial charge in [0.1, 0.15) is 6.04 Å². The molecule has 1 saturated heterocycles. The number of nitrogens with zero attached hydrogens (tertiary/aromatic N) is 2. The number of unbranched alkanes of at least 4 members (excludes halogenated alkanes) is 8. The summed E-state index contributed by atoms with van der Waals surface area (Å²) in [5.74, 6) is 2.09. The van der Waals surface area contributed by atoms with Crippen LogP contribution in [0.4, 0.5) is 4.79 Å². The highest BCUT2D eigenvalue weighted by molar-refractivity contribution is 6.00. The number of aryl methyl sites for hydroxylation is 2. The molecule has 9 nitrogen and oxygen atoms in total. The van der Waals surface area contributed by atoms with Crippen LogP contribution in [-0.4, -0.2) is 32.1 Å². The van der Waals surface area contributed by atoms with Crippen LogP contribution in [0, 0.1) is 12.0 Å². The van der Waals surface area contributed by atoms with E-state index in [0.717, 1.165) is 43.1 Å². The van der Waals surface area contributed by atoms with Crippen LogP contribution in [0.5, 0.6) is 0 Å². The lowest BCUT2D eigenvalue weighted by Gasteiger charge is -2.21. The van der Waals surface area contributed by atoms with Gasteiger partial charge in [0.05, 0.1) is 11.0 Å². The smallest absolute Gasteiger partial charge is 0.416 e. The topological polar surface area (TPSA) is 122 Å². The summed E-state index contributed by atoms with van der Waals surface area (Å²) in [4.78, 5) is 46.9. The third-order valence-corrected chi connectivity index (χ3v) is 6.45. The molecule has 1 aromatic heterocycles. The van der Waals surface area contributed by atoms with Crippen molar-refractivity contribution in [3.8, 4) is 12.0 Å². The quantitative estimate of drug-likeness (QED) is 0.195. The first-order valence-electron chi connectivity index (χ1n) is 12.4. The molecule has 0 radical (unpaired) electrons. The highest BCUT2D eigenvalue weighted by atomic mass is 16.4. The minimum Gasteiger partial charge on any atom is -0.464 e. The molecule has 9 heteroatoms. The van der Waals surface area contributed by atoms with Crippen molar-refractivity contribution in [2.75, 3.05) is 0 Å². The van der Waals surface area contributed by atoms with Crippen LogP contribution in [0.1, 0.15) is 82.2 Å². The summed E-state index contributed by atoms with van der Waals surface area (Å²) in [6, 6.07) is 7.73. The minimum absolute atomic E-state index is 0.234. The van der Waals surface area contributed by atoms with Gasteiger partial charge in [-0.05, 0) is 43.4 Å². The van der Waals surface area contributed by atoms with Crippen molar-refractivity contribution in [2.45, 2.75) is 83.1 Å². The summed E-state index contributed by atoms with van der Waals surface area (Å²) in [5, 5.41) is 12.8. The van der Waals surface area contributed by atoms with E-state index in [4.69, 9.17) is 5.11 Å². The van der Waals surface area contributed by atoms with Crippen molar-refractivity contribution in [3.05, 3.63) is 34.2 Å². The molecule has 3 amide bonds. The molecule has 1 aromatic carbocycles. The molecule has 0 aliphatic carbocycles. The van der Waals surface area contributed by atoms with E-state index in [1.54, 1.807) is 11.6 Å². The third-order valence-electron chi connectivity index (χ3n) is 6.45. The van der Waals surface area contributed by atoms with Crippen molar-refractivity contribution < 1.29 is 19.5 Å². The Morgan fingerprint density at radius 2 is 1.74 bits per heavy atom. The molecule has 188 valence electrons. The Hall–Kier alpha value is -3.54. The van der Waals surface area contributed by atoms with Gasteiger partial charge in [-0.3, -0.25) is 24.0 Å². The lowest BCUT2D eigenvalue weighted by Crippen LogP contribution is -2.44. The van der Waals surface area contributed by atoms with E-state index >= 15 is 0 Å². The van der Waals surface area contributed by atoms with Gasteiger partial charge >= 0.3 is 11.8 Å². The van der Waals surface area contributed by atoms with Gasteiger partial charge in [0, 0.05) is 25.9 Å². The summed E-state index contributed by atoms with van der Waals surface area (Å²) in [5.41, 5.74) is 2.46. The number of carbonyl (C=O) groups excluding carboxylic acids is 2. The molecule has 2 aromatic rings. The maximum Gasteiger partial charge on any atom is 0.416 e. The van der Waals surface area contributed by atoms with E-state index in [9.17, 15) is 19.2 Å². The second-order valence-electron chi connectivity index (χ2n) is 9.06. The van der Waals surface area contributed by atoms with Gasteiger partial charge in [0.25, 0.3) is 0 Å². The van der Waals surface area contributed by atoms with Gasteiger partial charge < -0.3 is 5.11 Å². The molecule has 0 bridgehead atoms. The van der Waals surface area contributed by atoms with Crippen molar-refractivity contribution in [1.82, 2.24) is 19.8 Å². The number of hydrogen-bond donors (Lipinski definition) is 3. The van der Waals surface area contributed by atoms with Crippen LogP contribution >= 0.6 is 0 Å². The number of amides is 3. The average molecular weight is 483 g/mol. The number of fused-ring (bicyclic) bond motifs is 1. The van der Waals surface area contributed by atoms with Gasteiger partial charge in [-0.2, -0.15) is 0 Å². The lowest BCUT2D eigenvalue weighted by atomic mass is 10.0. The molecule has 1 aliphatic rings. The first-order valence-corrected chi connectivity index (χ1v) is 12.4. The number of carboxylic acid groups (broad SMARTS) is 1. The first-order chi connectivity index (χ1) is 16.9. The summed E-state index contributed by atoms with van der Waals surface area (Å²) in [7, 11) is 1.72. The number of carbonyl (C=O) groups is 3. The summed E-state index contributed by atoms with van der Waals surface area (Å²) in [6.45, 7) is 0. The predicted molar refractivity (Wildman–Crippen MR) is 133 cm³/mol. The number of aromatic nitrogens is 2. The number of benzene rings is 1. The van der Waals surface area contributed by atoms with Crippen molar-refractivity contribution >= 4 is 28.9 Å². The van der Waals surface area contributed by atoms with Gasteiger partial charge in [0.15, 0.2) is 0 Å². The zero-order chi connectivity index (χ0) is 25.2. The Labute approximate surface area is 204 Å². The largest absolute Gasteiger partial charge is 0.464 e. The first kappa shape index (κ1) is 26.1. The summed E-state index contributed by atoms with van der Waals surface area (Å²) < 4.78 is 3.09. The van der Waals surface area contributed by atoms with Gasteiger partial charge in [-0.1, -0.05) is 50.5 Å². The second kappa shape index (κ2) is 12.8. The fraction of sp³-hybridized carbons (Fsp3) is 0.538. The summed E-state index contributed by atoms with van der Waals surface area (Å²) >= 11 is 0. The molecule has 0 saturated carbocycles. The number of imidazole rings is 1. The zero-order valence-electron chi connectivity index (χ0n) is 20.3. The van der Waals surface area contributed by atoms with E-state index in [2.05, 4.69) is 17.3 Å². The Morgan fingerprint density at radius 1 is 1.06 bits per heavy atom. The molecule has 35 heavy (non-hydrogen) atoms. The average Bonchev–Trinajstić information content (AvgIpc) is 3.06. The van der Waals surface area contributed by atoms with Gasteiger partial charge in [0.2, 0.25) is 11.8 Å².